The highest BCUT2D eigenvalue weighted by Crippen LogP contribution is 2.16. The standard InChI is InChI=1S/C19H24N4O/c1-14-18(15(2)21-16(3)20-14)19(24)23-11-9-22(10-12-23)13-17-7-5-4-6-8-17/h4-8H,9-13H2,1-3H3. The smallest absolute Gasteiger partial charge is 0.257 e. The van der Waals surface area contributed by atoms with Gasteiger partial charge in [0.15, 0.2) is 0 Å². The fourth-order valence-corrected chi connectivity index (χ4v) is 3.30. The molecule has 0 N–H and O–H groups in total. The fourth-order valence-electron chi connectivity index (χ4n) is 3.30. The molecule has 0 radical (unpaired) electrons. The van der Waals surface area contributed by atoms with E-state index >= 15 is 0 Å². The van der Waals surface area contributed by atoms with Crippen LogP contribution in [0.4, 0.5) is 0 Å². The Bertz CT molecular complexity index is 698. The number of amides is 1. The Labute approximate surface area is 143 Å². The van der Waals surface area contributed by atoms with E-state index < -0.39 is 0 Å². The molecule has 1 aromatic carbocycles. The lowest BCUT2D eigenvalue weighted by molar-refractivity contribution is 0.0626. The molecular formula is C19H24N4O. The molecule has 1 amide bonds. The molecule has 0 saturated carbocycles. The summed E-state index contributed by atoms with van der Waals surface area (Å²) in [5.41, 5.74) is 3.53. The summed E-state index contributed by atoms with van der Waals surface area (Å²) in [6.45, 7) is 9.86. The van der Waals surface area contributed by atoms with E-state index in [1.807, 2.05) is 31.7 Å². The number of carbonyl (C=O) groups excluding carboxylic acids is 1. The predicted octanol–water partition coefficient (Wildman–Crippen LogP) is 2.36. The minimum atomic E-state index is 0.0596. The first-order chi connectivity index (χ1) is 11.5. The molecule has 1 aromatic heterocycles. The van der Waals surface area contributed by atoms with E-state index in [4.69, 9.17) is 0 Å². The number of aryl methyl sites for hydroxylation is 3. The Kier molecular flexibility index (Phi) is 4.90. The molecule has 3 rings (SSSR count). The highest BCUT2D eigenvalue weighted by Gasteiger charge is 2.25. The van der Waals surface area contributed by atoms with Crippen molar-refractivity contribution in [1.29, 1.82) is 0 Å². The molecule has 0 aliphatic carbocycles. The Balaban J connectivity index is 1.63. The molecule has 2 aromatic rings. The Hall–Kier alpha value is -2.27. The number of rotatable bonds is 3. The van der Waals surface area contributed by atoms with Gasteiger partial charge >= 0.3 is 0 Å². The average molecular weight is 324 g/mol. The number of piperazine rings is 1. The zero-order valence-electron chi connectivity index (χ0n) is 14.6. The molecular weight excluding hydrogens is 300 g/mol. The van der Waals surface area contributed by atoms with Crippen LogP contribution >= 0.6 is 0 Å². The highest BCUT2D eigenvalue weighted by atomic mass is 16.2. The van der Waals surface area contributed by atoms with E-state index in [0.29, 0.717) is 11.4 Å². The van der Waals surface area contributed by atoms with Crippen molar-refractivity contribution in [3.05, 3.63) is 58.7 Å². The Morgan fingerprint density at radius 1 is 0.958 bits per heavy atom. The normalized spacial score (nSPS) is 15.5. The third-order valence-electron chi connectivity index (χ3n) is 4.50. The first kappa shape index (κ1) is 16.6. The number of benzene rings is 1. The van der Waals surface area contributed by atoms with Crippen LogP contribution in [0.5, 0.6) is 0 Å². The molecule has 0 spiro atoms. The largest absolute Gasteiger partial charge is 0.336 e. The van der Waals surface area contributed by atoms with Gasteiger partial charge in [-0.05, 0) is 26.3 Å². The molecule has 24 heavy (non-hydrogen) atoms. The molecule has 0 bridgehead atoms. The maximum absolute atomic E-state index is 12.8. The summed E-state index contributed by atoms with van der Waals surface area (Å²) in [6, 6.07) is 10.5. The van der Waals surface area contributed by atoms with Crippen molar-refractivity contribution in [1.82, 2.24) is 19.8 Å². The average Bonchev–Trinajstić information content (AvgIpc) is 2.55. The molecule has 1 aliphatic heterocycles. The molecule has 126 valence electrons. The Morgan fingerprint density at radius 3 is 2.12 bits per heavy atom. The van der Waals surface area contributed by atoms with E-state index in [1.165, 1.54) is 5.56 Å². The van der Waals surface area contributed by atoms with Gasteiger partial charge in [-0.1, -0.05) is 30.3 Å². The minimum Gasteiger partial charge on any atom is -0.336 e. The summed E-state index contributed by atoms with van der Waals surface area (Å²) in [6.07, 6.45) is 0. The molecule has 5 nitrogen and oxygen atoms in total. The maximum atomic E-state index is 12.8. The maximum Gasteiger partial charge on any atom is 0.257 e. The quantitative estimate of drug-likeness (QED) is 0.870. The third-order valence-corrected chi connectivity index (χ3v) is 4.50. The van der Waals surface area contributed by atoms with Crippen molar-refractivity contribution >= 4 is 5.91 Å². The minimum absolute atomic E-state index is 0.0596. The molecule has 1 fully saturated rings. The summed E-state index contributed by atoms with van der Waals surface area (Å²) in [4.78, 5) is 25.9. The topological polar surface area (TPSA) is 49.3 Å². The highest BCUT2D eigenvalue weighted by molar-refractivity contribution is 5.96. The summed E-state index contributed by atoms with van der Waals surface area (Å²) in [5, 5.41) is 0. The molecule has 1 saturated heterocycles. The molecule has 5 heteroatoms. The number of aromatic nitrogens is 2. The number of carbonyl (C=O) groups is 1. The van der Waals surface area contributed by atoms with Crippen molar-refractivity contribution in [2.45, 2.75) is 27.3 Å². The summed E-state index contributed by atoms with van der Waals surface area (Å²) in [7, 11) is 0. The molecule has 0 atom stereocenters. The van der Waals surface area contributed by atoms with Gasteiger partial charge in [0.05, 0.1) is 17.0 Å². The van der Waals surface area contributed by atoms with Crippen LogP contribution in [0.1, 0.15) is 33.1 Å². The van der Waals surface area contributed by atoms with E-state index in [9.17, 15) is 4.79 Å². The van der Waals surface area contributed by atoms with Gasteiger partial charge in [-0.25, -0.2) is 9.97 Å². The summed E-state index contributed by atoms with van der Waals surface area (Å²) < 4.78 is 0. The van der Waals surface area contributed by atoms with Gasteiger partial charge in [0.1, 0.15) is 5.82 Å². The van der Waals surface area contributed by atoms with Crippen LogP contribution in [0.15, 0.2) is 30.3 Å². The lowest BCUT2D eigenvalue weighted by atomic mass is 10.1. The van der Waals surface area contributed by atoms with Crippen molar-refractivity contribution in [2.24, 2.45) is 0 Å². The lowest BCUT2D eigenvalue weighted by Gasteiger charge is -2.35. The van der Waals surface area contributed by atoms with Gasteiger partial charge in [-0.3, -0.25) is 9.69 Å². The first-order valence-corrected chi connectivity index (χ1v) is 8.42. The van der Waals surface area contributed by atoms with Crippen LogP contribution in [0.2, 0.25) is 0 Å². The zero-order chi connectivity index (χ0) is 17.1. The van der Waals surface area contributed by atoms with Crippen molar-refractivity contribution in [2.75, 3.05) is 26.2 Å². The third kappa shape index (κ3) is 3.62. The van der Waals surface area contributed by atoms with Gasteiger partial charge < -0.3 is 4.90 Å². The van der Waals surface area contributed by atoms with Crippen LogP contribution < -0.4 is 0 Å². The van der Waals surface area contributed by atoms with Crippen molar-refractivity contribution in [3.8, 4) is 0 Å². The summed E-state index contributed by atoms with van der Waals surface area (Å²) >= 11 is 0. The van der Waals surface area contributed by atoms with E-state index in [0.717, 1.165) is 44.1 Å². The second kappa shape index (κ2) is 7.09. The SMILES string of the molecule is Cc1nc(C)c(C(=O)N2CCN(Cc3ccccc3)CC2)c(C)n1. The van der Waals surface area contributed by atoms with E-state index in [-0.39, 0.29) is 5.91 Å². The zero-order valence-corrected chi connectivity index (χ0v) is 14.6. The van der Waals surface area contributed by atoms with Crippen molar-refractivity contribution < 1.29 is 4.79 Å². The van der Waals surface area contributed by atoms with Crippen LogP contribution in [0, 0.1) is 20.8 Å². The molecule has 0 unspecified atom stereocenters. The monoisotopic (exact) mass is 324 g/mol. The summed E-state index contributed by atoms with van der Waals surface area (Å²) in [5.74, 6) is 0.776. The lowest BCUT2D eigenvalue weighted by Crippen LogP contribution is -2.48. The van der Waals surface area contributed by atoms with Crippen molar-refractivity contribution in [3.63, 3.8) is 0 Å². The second-order valence-electron chi connectivity index (χ2n) is 6.37. The predicted molar refractivity (Wildman–Crippen MR) is 93.9 cm³/mol. The number of hydrogen-bond donors (Lipinski definition) is 0. The number of hydrogen-bond acceptors (Lipinski definition) is 4. The van der Waals surface area contributed by atoms with Gasteiger partial charge in [0.25, 0.3) is 5.91 Å². The number of nitrogens with zero attached hydrogens (tertiary/aromatic N) is 4. The van der Waals surface area contributed by atoms with Gasteiger partial charge in [0.2, 0.25) is 0 Å². The van der Waals surface area contributed by atoms with Gasteiger partial charge in [-0.2, -0.15) is 0 Å². The van der Waals surface area contributed by atoms with Gasteiger partial charge in [-0.15, -0.1) is 0 Å². The fraction of sp³-hybridized carbons (Fsp3) is 0.421. The first-order valence-electron chi connectivity index (χ1n) is 8.42. The van der Waals surface area contributed by atoms with Crippen LogP contribution in [0.3, 0.4) is 0 Å². The molecule has 2 heterocycles. The second-order valence-corrected chi connectivity index (χ2v) is 6.37. The van der Waals surface area contributed by atoms with Crippen LogP contribution in [-0.4, -0.2) is 51.9 Å². The Morgan fingerprint density at radius 2 is 1.54 bits per heavy atom. The van der Waals surface area contributed by atoms with E-state index in [1.54, 1.807) is 0 Å². The van der Waals surface area contributed by atoms with Crippen LogP contribution in [0.25, 0.3) is 0 Å². The van der Waals surface area contributed by atoms with Gasteiger partial charge in [0, 0.05) is 32.7 Å². The molecule has 1 aliphatic rings. The van der Waals surface area contributed by atoms with E-state index in [2.05, 4.69) is 39.1 Å². The van der Waals surface area contributed by atoms with Crippen LogP contribution in [-0.2, 0) is 6.54 Å².